The molecule has 0 aliphatic carbocycles. The first-order valence-corrected chi connectivity index (χ1v) is 2.23. The number of aliphatic imine (C=N–C) groups is 1. The van der Waals surface area contributed by atoms with Crippen LogP contribution < -0.4 is 0 Å². The van der Waals surface area contributed by atoms with Crippen LogP contribution in [0.15, 0.2) is 17.3 Å². The highest BCUT2D eigenvalue weighted by atomic mass is 16.5. The third kappa shape index (κ3) is 1.78. The summed E-state index contributed by atoms with van der Waals surface area (Å²) >= 11 is 0. The van der Waals surface area contributed by atoms with E-state index in [1.165, 1.54) is 0 Å². The van der Waals surface area contributed by atoms with Crippen LogP contribution in [0.2, 0.25) is 0 Å². The van der Waals surface area contributed by atoms with Gasteiger partial charge < -0.3 is 4.74 Å². The van der Waals surface area contributed by atoms with Gasteiger partial charge in [0.2, 0.25) is 0 Å². The monoisotopic (exact) mass is 113 g/mol. The van der Waals surface area contributed by atoms with E-state index in [0.29, 0.717) is 0 Å². The summed E-state index contributed by atoms with van der Waals surface area (Å²) in [6.07, 6.45) is 5.15. The van der Waals surface area contributed by atoms with Gasteiger partial charge >= 0.3 is 0 Å². The molecule has 0 aromatic rings. The number of allylic oxidation sites excluding steroid dienone is 1. The molecule has 0 fully saturated rings. The Labute approximate surface area is 49.9 Å². The Morgan fingerprint density at radius 1 is 1.62 bits per heavy atom. The maximum absolute atomic E-state index is 4.90. The second kappa shape index (κ2) is 3.24. The van der Waals surface area contributed by atoms with Crippen molar-refractivity contribution in [1.82, 2.24) is 0 Å². The highest BCUT2D eigenvalue weighted by Crippen LogP contribution is 1.95. The molecule has 0 aromatic heterocycles. The molecule has 46 valence electrons. The molecule has 1 unspecified atom stereocenters. The fourth-order valence-electron chi connectivity index (χ4n) is 0.400. The van der Waals surface area contributed by atoms with Crippen LogP contribution >= 0.6 is 0 Å². The van der Waals surface area contributed by atoms with Crippen molar-refractivity contribution in [3.8, 4) is 0 Å². The van der Waals surface area contributed by atoms with Crippen molar-refractivity contribution in [2.45, 2.75) is 20.6 Å². The lowest BCUT2D eigenvalue weighted by Gasteiger charge is -2.06. The molecular formula is C6H11NO. The lowest BCUT2D eigenvalue weighted by molar-refractivity contribution is 0.168. The largest absolute Gasteiger partial charge is 0.477 e. The molecule has 0 radical (unpaired) electrons. The van der Waals surface area contributed by atoms with E-state index >= 15 is 0 Å². The third-order valence-electron chi connectivity index (χ3n) is 0.736. The predicted octanol–water partition coefficient (Wildman–Crippen LogP) is 1.58. The molecule has 0 N–H and O–H groups in total. The van der Waals surface area contributed by atoms with Gasteiger partial charge in [-0.05, 0) is 13.0 Å². The highest BCUT2D eigenvalue weighted by molar-refractivity contribution is 5.71. The van der Waals surface area contributed by atoms with E-state index in [4.69, 9.17) is 4.74 Å². The molecule has 0 saturated heterocycles. The van der Waals surface area contributed by atoms with Crippen LogP contribution in [-0.4, -0.2) is 12.4 Å². The van der Waals surface area contributed by atoms with Crippen LogP contribution in [0, 0.1) is 0 Å². The molecule has 1 aliphatic rings. The number of rotatable bonds is 0. The summed E-state index contributed by atoms with van der Waals surface area (Å²) in [5.74, 6) is 0. The molecule has 1 aliphatic heterocycles. The highest BCUT2D eigenvalue weighted by Gasteiger charge is 1.93. The van der Waals surface area contributed by atoms with E-state index in [-0.39, 0.29) is 13.7 Å². The Morgan fingerprint density at radius 3 is 2.62 bits per heavy atom. The molecule has 0 amide bonds. The van der Waals surface area contributed by atoms with E-state index in [1.807, 2.05) is 6.92 Å². The van der Waals surface area contributed by atoms with Crippen molar-refractivity contribution >= 4 is 6.21 Å². The molecule has 2 nitrogen and oxygen atoms in total. The van der Waals surface area contributed by atoms with Crippen LogP contribution in [0.1, 0.15) is 14.4 Å². The Hall–Kier alpha value is -0.790. The minimum atomic E-state index is 0. The van der Waals surface area contributed by atoms with Crippen molar-refractivity contribution < 1.29 is 4.74 Å². The topological polar surface area (TPSA) is 21.6 Å². The minimum absolute atomic E-state index is 0. The van der Waals surface area contributed by atoms with Gasteiger partial charge in [-0.3, -0.25) is 4.99 Å². The van der Waals surface area contributed by atoms with E-state index in [2.05, 4.69) is 4.99 Å². The fourth-order valence-corrected chi connectivity index (χ4v) is 0.400. The Bertz CT molecular complexity index is 107. The summed E-state index contributed by atoms with van der Waals surface area (Å²) in [7, 11) is 0. The minimum Gasteiger partial charge on any atom is -0.477 e. The molecule has 0 bridgehead atoms. The van der Waals surface area contributed by atoms with Crippen LogP contribution in [0.5, 0.6) is 0 Å². The number of ether oxygens (including phenoxy) is 1. The molecule has 1 atom stereocenters. The maximum Gasteiger partial charge on any atom is 0.185 e. The van der Waals surface area contributed by atoms with E-state index in [9.17, 15) is 0 Å². The van der Waals surface area contributed by atoms with E-state index in [1.54, 1.807) is 18.6 Å². The number of nitrogens with zero attached hydrogens (tertiary/aromatic N) is 1. The van der Waals surface area contributed by atoms with Gasteiger partial charge in [0.05, 0.1) is 6.26 Å². The molecule has 8 heavy (non-hydrogen) atoms. The molecule has 0 spiro atoms. The average Bonchev–Trinajstić information content (AvgIpc) is 1.69. The van der Waals surface area contributed by atoms with Gasteiger partial charge in [-0.2, -0.15) is 0 Å². The Balaban J connectivity index is 0.000000490. The number of hydrogen-bond acceptors (Lipinski definition) is 2. The van der Waals surface area contributed by atoms with Crippen molar-refractivity contribution in [3.63, 3.8) is 0 Å². The lowest BCUT2D eigenvalue weighted by atomic mass is 10.6. The van der Waals surface area contributed by atoms with Gasteiger partial charge in [-0.25, -0.2) is 0 Å². The molecular weight excluding hydrogens is 102 g/mol. The Morgan fingerprint density at radius 2 is 2.38 bits per heavy atom. The average molecular weight is 113 g/mol. The van der Waals surface area contributed by atoms with Crippen molar-refractivity contribution in [3.05, 3.63) is 12.3 Å². The normalized spacial score (nSPS) is 23.9. The van der Waals surface area contributed by atoms with Gasteiger partial charge in [0.1, 0.15) is 0 Å². The molecule has 1 rings (SSSR count). The second-order valence-electron chi connectivity index (χ2n) is 1.36. The van der Waals surface area contributed by atoms with Crippen LogP contribution in [-0.2, 0) is 4.74 Å². The van der Waals surface area contributed by atoms with Crippen molar-refractivity contribution in [2.75, 3.05) is 0 Å². The van der Waals surface area contributed by atoms with Crippen molar-refractivity contribution in [2.24, 2.45) is 4.99 Å². The summed E-state index contributed by atoms with van der Waals surface area (Å²) in [6, 6.07) is 0. The third-order valence-corrected chi connectivity index (χ3v) is 0.736. The quantitative estimate of drug-likeness (QED) is 0.467. The molecule has 2 heteroatoms. The summed E-state index contributed by atoms with van der Waals surface area (Å²) in [4.78, 5) is 3.90. The summed E-state index contributed by atoms with van der Waals surface area (Å²) in [5, 5.41) is 0. The lowest BCUT2D eigenvalue weighted by Crippen LogP contribution is -2.02. The van der Waals surface area contributed by atoms with Crippen LogP contribution in [0.4, 0.5) is 0 Å². The zero-order valence-corrected chi connectivity index (χ0v) is 4.16. The SMILES string of the molecule is C.CC1N=CC=CO1. The van der Waals surface area contributed by atoms with E-state index in [0.717, 1.165) is 0 Å². The molecule has 0 saturated carbocycles. The van der Waals surface area contributed by atoms with Crippen LogP contribution in [0.3, 0.4) is 0 Å². The predicted molar refractivity (Wildman–Crippen MR) is 34.9 cm³/mol. The van der Waals surface area contributed by atoms with Gasteiger partial charge in [-0.15, -0.1) is 0 Å². The summed E-state index contributed by atoms with van der Waals surface area (Å²) < 4.78 is 4.90. The smallest absolute Gasteiger partial charge is 0.185 e. The first-order valence-electron chi connectivity index (χ1n) is 2.23. The maximum atomic E-state index is 4.90. The van der Waals surface area contributed by atoms with Crippen molar-refractivity contribution in [1.29, 1.82) is 0 Å². The second-order valence-corrected chi connectivity index (χ2v) is 1.36. The first kappa shape index (κ1) is 7.21. The summed E-state index contributed by atoms with van der Waals surface area (Å²) in [6.45, 7) is 1.89. The zero-order valence-electron chi connectivity index (χ0n) is 4.16. The number of hydrogen-bond donors (Lipinski definition) is 0. The van der Waals surface area contributed by atoms with Crippen LogP contribution in [0.25, 0.3) is 0 Å². The van der Waals surface area contributed by atoms with Gasteiger partial charge in [-0.1, -0.05) is 7.43 Å². The molecule has 0 aromatic carbocycles. The van der Waals surface area contributed by atoms with Gasteiger partial charge in [0.25, 0.3) is 0 Å². The zero-order chi connectivity index (χ0) is 5.11. The van der Waals surface area contributed by atoms with Gasteiger partial charge in [0, 0.05) is 6.21 Å². The van der Waals surface area contributed by atoms with Gasteiger partial charge in [0.15, 0.2) is 6.23 Å². The first-order chi connectivity index (χ1) is 3.39. The molecule has 1 heterocycles. The van der Waals surface area contributed by atoms with E-state index < -0.39 is 0 Å². The standard InChI is InChI=1S/C5H7NO.CH4/c1-5-6-3-2-4-7-5;/h2-5H,1H3;1H4. The fraction of sp³-hybridized carbons (Fsp3) is 0.500. The Kier molecular flexibility index (Phi) is 2.92. The summed E-state index contributed by atoms with van der Waals surface area (Å²) in [5.41, 5.74) is 0.